The fourth-order valence-electron chi connectivity index (χ4n) is 3.71. The van der Waals surface area contributed by atoms with E-state index in [0.29, 0.717) is 5.92 Å². The first-order chi connectivity index (χ1) is 12.2. The smallest absolute Gasteiger partial charge is 0.143 e. The molecule has 130 valence electrons. The Bertz CT molecular complexity index is 820. The molecule has 1 fully saturated rings. The number of aryl methyl sites for hydroxylation is 2. The zero-order valence-electron chi connectivity index (χ0n) is 14.7. The van der Waals surface area contributed by atoms with Crippen molar-refractivity contribution in [2.24, 2.45) is 5.92 Å². The summed E-state index contributed by atoms with van der Waals surface area (Å²) in [4.78, 5) is 7.35. The van der Waals surface area contributed by atoms with Gasteiger partial charge in [0, 0.05) is 30.7 Å². The van der Waals surface area contributed by atoms with Crippen LogP contribution in [0.1, 0.15) is 29.3 Å². The largest absolute Gasteiger partial charge is 0.361 e. The van der Waals surface area contributed by atoms with Crippen LogP contribution < -0.4 is 0 Å². The molecule has 6 nitrogen and oxygen atoms in total. The molecule has 0 radical (unpaired) electrons. The van der Waals surface area contributed by atoms with Crippen LogP contribution in [-0.2, 0) is 13.0 Å². The number of nitrogens with zero attached hydrogens (tertiary/aromatic N) is 4. The van der Waals surface area contributed by atoms with E-state index in [0.717, 1.165) is 54.5 Å². The maximum Gasteiger partial charge on any atom is 0.143 e. The Morgan fingerprint density at radius 3 is 2.96 bits per heavy atom. The van der Waals surface area contributed by atoms with Gasteiger partial charge in [-0.05, 0) is 57.4 Å². The van der Waals surface area contributed by atoms with Crippen molar-refractivity contribution >= 4 is 0 Å². The van der Waals surface area contributed by atoms with Gasteiger partial charge in [-0.1, -0.05) is 11.2 Å². The lowest BCUT2D eigenvalue weighted by Crippen LogP contribution is -2.21. The van der Waals surface area contributed by atoms with Gasteiger partial charge >= 0.3 is 0 Å². The standard InChI is InChI=1S/C19H23N5O/c1-13-19(14(2)25-23-13)18-5-3-4-16(21-18)10-15-7-9-24(11-15)12-17-6-8-20-22-17/h3-6,8,15H,7,9-12H2,1-2H3,(H,20,22)/t15-/m0/s1. The molecular weight excluding hydrogens is 314 g/mol. The molecule has 3 aromatic rings. The lowest BCUT2D eigenvalue weighted by molar-refractivity contribution is 0.312. The summed E-state index contributed by atoms with van der Waals surface area (Å²) in [6, 6.07) is 8.29. The van der Waals surface area contributed by atoms with E-state index in [1.165, 1.54) is 12.1 Å². The third kappa shape index (κ3) is 3.49. The SMILES string of the molecule is Cc1noc(C)c1-c1cccc(C[C@@H]2CCN(Cc3ccn[nH]3)C2)n1. The Morgan fingerprint density at radius 1 is 1.28 bits per heavy atom. The fraction of sp³-hybridized carbons (Fsp3) is 0.421. The van der Waals surface area contributed by atoms with Gasteiger partial charge in [-0.2, -0.15) is 5.10 Å². The molecular formula is C19H23N5O. The van der Waals surface area contributed by atoms with Crippen molar-refractivity contribution in [2.45, 2.75) is 33.2 Å². The summed E-state index contributed by atoms with van der Waals surface area (Å²) in [5.74, 6) is 1.48. The van der Waals surface area contributed by atoms with Crippen LogP contribution in [0.4, 0.5) is 0 Å². The van der Waals surface area contributed by atoms with E-state index in [2.05, 4.69) is 32.4 Å². The predicted octanol–water partition coefficient (Wildman–Crippen LogP) is 3.14. The van der Waals surface area contributed by atoms with Crippen LogP contribution in [0.25, 0.3) is 11.3 Å². The van der Waals surface area contributed by atoms with Crippen LogP contribution in [-0.4, -0.2) is 38.3 Å². The molecule has 0 saturated carbocycles. The topological polar surface area (TPSA) is 70.8 Å². The van der Waals surface area contributed by atoms with Crippen molar-refractivity contribution in [3.05, 3.63) is 53.3 Å². The van der Waals surface area contributed by atoms with Crippen LogP contribution in [0.5, 0.6) is 0 Å². The van der Waals surface area contributed by atoms with Crippen molar-refractivity contribution in [1.82, 2.24) is 25.2 Å². The Labute approximate surface area is 147 Å². The molecule has 1 N–H and O–H groups in total. The average Bonchev–Trinajstić information content (AvgIpc) is 3.32. The normalized spacial score (nSPS) is 18.1. The molecule has 1 aliphatic heterocycles. The van der Waals surface area contributed by atoms with Gasteiger partial charge in [0.25, 0.3) is 0 Å². The molecule has 4 rings (SSSR count). The van der Waals surface area contributed by atoms with Crippen LogP contribution >= 0.6 is 0 Å². The van der Waals surface area contributed by atoms with Gasteiger partial charge in [0.15, 0.2) is 0 Å². The molecule has 4 heterocycles. The molecule has 1 aliphatic rings. The molecule has 3 aromatic heterocycles. The number of aromatic amines is 1. The molecule has 0 spiro atoms. The van der Waals surface area contributed by atoms with Crippen molar-refractivity contribution in [3.8, 4) is 11.3 Å². The van der Waals surface area contributed by atoms with Crippen molar-refractivity contribution in [2.75, 3.05) is 13.1 Å². The first-order valence-electron chi connectivity index (χ1n) is 8.79. The molecule has 0 amide bonds. The zero-order valence-corrected chi connectivity index (χ0v) is 14.7. The summed E-state index contributed by atoms with van der Waals surface area (Å²) in [5.41, 5.74) is 5.20. The first-order valence-corrected chi connectivity index (χ1v) is 8.79. The summed E-state index contributed by atoms with van der Waals surface area (Å²) in [5, 5.41) is 11.1. The lowest BCUT2D eigenvalue weighted by Gasteiger charge is -2.15. The van der Waals surface area contributed by atoms with E-state index in [9.17, 15) is 0 Å². The zero-order chi connectivity index (χ0) is 17.2. The molecule has 1 atom stereocenters. The Morgan fingerprint density at radius 2 is 2.20 bits per heavy atom. The van der Waals surface area contributed by atoms with Crippen molar-refractivity contribution in [3.63, 3.8) is 0 Å². The molecule has 1 saturated heterocycles. The van der Waals surface area contributed by atoms with E-state index in [1.54, 1.807) is 0 Å². The number of hydrogen-bond donors (Lipinski definition) is 1. The van der Waals surface area contributed by atoms with E-state index in [1.807, 2.05) is 32.2 Å². The average molecular weight is 337 g/mol. The maximum atomic E-state index is 5.28. The second-order valence-electron chi connectivity index (χ2n) is 6.89. The molecule has 6 heteroatoms. The minimum Gasteiger partial charge on any atom is -0.361 e. The summed E-state index contributed by atoms with van der Waals surface area (Å²) in [7, 11) is 0. The second-order valence-corrected chi connectivity index (χ2v) is 6.89. The molecule has 0 bridgehead atoms. The Kier molecular flexibility index (Phi) is 4.36. The van der Waals surface area contributed by atoms with Crippen LogP contribution in [0.3, 0.4) is 0 Å². The van der Waals surface area contributed by atoms with Crippen LogP contribution in [0, 0.1) is 19.8 Å². The third-order valence-corrected chi connectivity index (χ3v) is 4.92. The van der Waals surface area contributed by atoms with Crippen LogP contribution in [0.15, 0.2) is 35.0 Å². The highest BCUT2D eigenvalue weighted by molar-refractivity contribution is 5.63. The van der Waals surface area contributed by atoms with Gasteiger partial charge in [-0.15, -0.1) is 0 Å². The number of aromatic nitrogens is 4. The minimum absolute atomic E-state index is 0.648. The number of hydrogen-bond acceptors (Lipinski definition) is 5. The summed E-state index contributed by atoms with van der Waals surface area (Å²) in [6.45, 7) is 7.09. The van der Waals surface area contributed by atoms with Gasteiger partial charge < -0.3 is 4.52 Å². The highest BCUT2D eigenvalue weighted by atomic mass is 16.5. The molecule has 0 aromatic carbocycles. The quantitative estimate of drug-likeness (QED) is 0.774. The summed E-state index contributed by atoms with van der Waals surface area (Å²) in [6.07, 6.45) is 4.04. The highest BCUT2D eigenvalue weighted by Gasteiger charge is 2.23. The molecule has 0 aliphatic carbocycles. The van der Waals surface area contributed by atoms with E-state index in [4.69, 9.17) is 9.51 Å². The highest BCUT2D eigenvalue weighted by Crippen LogP contribution is 2.27. The third-order valence-electron chi connectivity index (χ3n) is 4.92. The lowest BCUT2D eigenvalue weighted by atomic mass is 10.0. The number of nitrogens with one attached hydrogen (secondary N) is 1. The van der Waals surface area contributed by atoms with Gasteiger partial charge in [-0.3, -0.25) is 15.0 Å². The first kappa shape index (κ1) is 16.0. The van der Waals surface area contributed by atoms with Crippen molar-refractivity contribution in [1.29, 1.82) is 0 Å². The summed E-state index contributed by atoms with van der Waals surface area (Å²) < 4.78 is 5.28. The maximum absolute atomic E-state index is 5.28. The monoisotopic (exact) mass is 337 g/mol. The fourth-order valence-corrected chi connectivity index (χ4v) is 3.71. The van der Waals surface area contributed by atoms with Gasteiger partial charge in [0.05, 0.1) is 17.0 Å². The predicted molar refractivity (Wildman–Crippen MR) is 94.9 cm³/mol. The van der Waals surface area contributed by atoms with Gasteiger partial charge in [0.2, 0.25) is 0 Å². The number of rotatable bonds is 5. The number of pyridine rings is 1. The summed E-state index contributed by atoms with van der Waals surface area (Å²) >= 11 is 0. The molecule has 25 heavy (non-hydrogen) atoms. The second kappa shape index (κ2) is 6.80. The van der Waals surface area contributed by atoms with E-state index < -0.39 is 0 Å². The Hall–Kier alpha value is -2.47. The van der Waals surface area contributed by atoms with Crippen molar-refractivity contribution < 1.29 is 4.52 Å². The molecule has 0 unspecified atom stereocenters. The van der Waals surface area contributed by atoms with Gasteiger partial charge in [-0.25, -0.2) is 0 Å². The van der Waals surface area contributed by atoms with E-state index in [-0.39, 0.29) is 0 Å². The van der Waals surface area contributed by atoms with Crippen LogP contribution in [0.2, 0.25) is 0 Å². The van der Waals surface area contributed by atoms with E-state index >= 15 is 0 Å². The Balaban J connectivity index is 1.43. The number of H-pyrrole nitrogens is 1. The number of likely N-dealkylation sites (tertiary alicyclic amines) is 1. The van der Waals surface area contributed by atoms with Gasteiger partial charge in [0.1, 0.15) is 5.76 Å². The minimum atomic E-state index is 0.648.